The normalized spacial score (nSPS) is 17.4. The van der Waals surface area contributed by atoms with Crippen LogP contribution in [-0.4, -0.2) is 40.0 Å². The van der Waals surface area contributed by atoms with Crippen molar-refractivity contribution in [2.45, 2.75) is 19.0 Å². The molecule has 0 bridgehead atoms. The SMILES string of the molecule is O=C(NC1CCN(Cc2ccccc2)C1)c1ccc([N+](=O)[O-])c(O)c1. The third-order valence-corrected chi connectivity index (χ3v) is 4.29. The Labute approximate surface area is 145 Å². The van der Waals surface area contributed by atoms with Crippen molar-refractivity contribution < 1.29 is 14.8 Å². The van der Waals surface area contributed by atoms with E-state index in [2.05, 4.69) is 22.3 Å². The quantitative estimate of drug-likeness (QED) is 0.643. The highest BCUT2D eigenvalue weighted by molar-refractivity contribution is 5.95. The van der Waals surface area contributed by atoms with Gasteiger partial charge in [-0.05, 0) is 24.1 Å². The van der Waals surface area contributed by atoms with E-state index < -0.39 is 16.4 Å². The lowest BCUT2D eigenvalue weighted by molar-refractivity contribution is -0.385. The predicted molar refractivity (Wildman–Crippen MR) is 92.4 cm³/mol. The number of likely N-dealkylation sites (tertiary alicyclic amines) is 1. The highest BCUT2D eigenvalue weighted by atomic mass is 16.6. The second-order valence-electron chi connectivity index (χ2n) is 6.14. The van der Waals surface area contributed by atoms with Gasteiger partial charge in [-0.3, -0.25) is 19.8 Å². The van der Waals surface area contributed by atoms with Gasteiger partial charge in [0.25, 0.3) is 5.91 Å². The van der Waals surface area contributed by atoms with E-state index in [9.17, 15) is 20.0 Å². The standard InChI is InChI=1S/C18H19N3O4/c22-17-10-14(6-7-16(17)21(24)25)18(23)19-15-8-9-20(12-15)11-13-4-2-1-3-5-13/h1-7,10,15,22H,8-9,11-12H2,(H,19,23). The number of rotatable bonds is 5. The van der Waals surface area contributed by atoms with E-state index in [1.807, 2.05) is 18.2 Å². The monoisotopic (exact) mass is 341 g/mol. The van der Waals surface area contributed by atoms with E-state index in [1.54, 1.807) is 0 Å². The van der Waals surface area contributed by atoms with Crippen LogP contribution in [-0.2, 0) is 6.54 Å². The molecule has 0 saturated carbocycles. The minimum atomic E-state index is -0.685. The van der Waals surface area contributed by atoms with E-state index in [-0.39, 0.29) is 17.5 Å². The maximum Gasteiger partial charge on any atom is 0.310 e. The molecule has 1 fully saturated rings. The molecule has 2 N–H and O–H groups in total. The van der Waals surface area contributed by atoms with E-state index >= 15 is 0 Å². The molecule has 1 aliphatic heterocycles. The Hall–Kier alpha value is -2.93. The molecule has 7 nitrogen and oxygen atoms in total. The van der Waals surface area contributed by atoms with Gasteiger partial charge in [-0.15, -0.1) is 0 Å². The zero-order valence-electron chi connectivity index (χ0n) is 13.6. The number of nitro benzene ring substituents is 1. The van der Waals surface area contributed by atoms with Crippen LogP contribution in [0.2, 0.25) is 0 Å². The second-order valence-corrected chi connectivity index (χ2v) is 6.14. The average Bonchev–Trinajstić information content (AvgIpc) is 3.02. The van der Waals surface area contributed by atoms with E-state index in [1.165, 1.54) is 11.6 Å². The Kier molecular flexibility index (Phi) is 4.95. The smallest absolute Gasteiger partial charge is 0.310 e. The van der Waals surface area contributed by atoms with Crippen LogP contribution in [0.3, 0.4) is 0 Å². The maximum atomic E-state index is 12.3. The van der Waals surface area contributed by atoms with Crippen LogP contribution in [0.15, 0.2) is 48.5 Å². The van der Waals surface area contributed by atoms with E-state index in [4.69, 9.17) is 0 Å². The molecule has 3 rings (SSSR count). The van der Waals surface area contributed by atoms with Crippen molar-refractivity contribution in [3.8, 4) is 5.75 Å². The maximum absolute atomic E-state index is 12.3. The minimum absolute atomic E-state index is 0.0218. The number of phenols is 1. The summed E-state index contributed by atoms with van der Waals surface area (Å²) < 4.78 is 0. The summed E-state index contributed by atoms with van der Waals surface area (Å²) in [4.78, 5) is 24.6. The topological polar surface area (TPSA) is 95.7 Å². The van der Waals surface area contributed by atoms with Crippen molar-refractivity contribution in [3.63, 3.8) is 0 Å². The number of phenolic OH excluding ortho intramolecular Hbond substituents is 1. The second kappa shape index (κ2) is 7.31. The van der Waals surface area contributed by atoms with E-state index in [0.29, 0.717) is 0 Å². The summed E-state index contributed by atoms with van der Waals surface area (Å²) in [6, 6.07) is 13.8. The van der Waals surface area contributed by atoms with Crippen molar-refractivity contribution in [2.75, 3.05) is 13.1 Å². The van der Waals surface area contributed by atoms with Gasteiger partial charge >= 0.3 is 5.69 Å². The molecular formula is C18H19N3O4. The number of carbonyl (C=O) groups is 1. The molecule has 2 aromatic rings. The number of nitrogens with zero attached hydrogens (tertiary/aromatic N) is 2. The fraction of sp³-hybridized carbons (Fsp3) is 0.278. The van der Waals surface area contributed by atoms with Gasteiger partial charge in [0, 0.05) is 37.3 Å². The van der Waals surface area contributed by atoms with Gasteiger partial charge in [0.2, 0.25) is 0 Å². The van der Waals surface area contributed by atoms with Crippen molar-refractivity contribution >= 4 is 11.6 Å². The Morgan fingerprint density at radius 3 is 2.72 bits per heavy atom. The molecule has 0 radical (unpaired) electrons. The summed E-state index contributed by atoms with van der Waals surface area (Å²) in [5, 5.41) is 23.3. The molecule has 2 aromatic carbocycles. The third-order valence-electron chi connectivity index (χ3n) is 4.29. The predicted octanol–water partition coefficient (Wildman–Crippen LogP) is 2.30. The number of hydrogen-bond donors (Lipinski definition) is 2. The molecule has 0 aromatic heterocycles. The minimum Gasteiger partial charge on any atom is -0.502 e. The Morgan fingerprint density at radius 1 is 1.28 bits per heavy atom. The Balaban J connectivity index is 1.57. The number of nitrogens with one attached hydrogen (secondary N) is 1. The van der Waals surface area contributed by atoms with Crippen LogP contribution in [0.4, 0.5) is 5.69 Å². The Bertz CT molecular complexity index is 779. The number of hydrogen-bond acceptors (Lipinski definition) is 5. The summed E-state index contributed by atoms with van der Waals surface area (Å²) in [7, 11) is 0. The summed E-state index contributed by atoms with van der Waals surface area (Å²) in [6.07, 6.45) is 0.845. The van der Waals surface area contributed by atoms with Gasteiger partial charge in [-0.2, -0.15) is 0 Å². The zero-order valence-corrected chi connectivity index (χ0v) is 13.6. The van der Waals surface area contributed by atoms with Gasteiger partial charge < -0.3 is 10.4 Å². The highest BCUT2D eigenvalue weighted by Gasteiger charge is 2.25. The molecule has 0 spiro atoms. The number of nitro groups is 1. The lowest BCUT2D eigenvalue weighted by Gasteiger charge is -2.17. The molecule has 1 saturated heterocycles. The van der Waals surface area contributed by atoms with Gasteiger partial charge in [-0.25, -0.2) is 0 Å². The van der Waals surface area contributed by atoms with E-state index in [0.717, 1.165) is 38.2 Å². The van der Waals surface area contributed by atoms with Crippen molar-refractivity contribution in [2.24, 2.45) is 0 Å². The largest absolute Gasteiger partial charge is 0.502 e. The van der Waals surface area contributed by atoms with Crippen LogP contribution in [0.1, 0.15) is 22.3 Å². The molecule has 1 amide bonds. The fourth-order valence-electron chi connectivity index (χ4n) is 3.02. The molecule has 1 unspecified atom stereocenters. The molecule has 7 heteroatoms. The van der Waals surface area contributed by atoms with Crippen molar-refractivity contribution in [1.82, 2.24) is 10.2 Å². The summed E-state index contributed by atoms with van der Waals surface area (Å²) in [6.45, 7) is 2.48. The zero-order chi connectivity index (χ0) is 17.8. The van der Waals surface area contributed by atoms with Gasteiger partial charge in [0.1, 0.15) is 0 Å². The number of carbonyl (C=O) groups excluding carboxylic acids is 1. The van der Waals surface area contributed by atoms with Crippen LogP contribution in [0, 0.1) is 10.1 Å². The third kappa shape index (κ3) is 4.13. The first kappa shape index (κ1) is 16.9. The van der Waals surface area contributed by atoms with Gasteiger partial charge in [-0.1, -0.05) is 30.3 Å². The average molecular weight is 341 g/mol. The molecule has 25 heavy (non-hydrogen) atoms. The van der Waals surface area contributed by atoms with Crippen LogP contribution >= 0.6 is 0 Å². The Morgan fingerprint density at radius 2 is 2.04 bits per heavy atom. The fourth-order valence-corrected chi connectivity index (χ4v) is 3.02. The van der Waals surface area contributed by atoms with Crippen LogP contribution < -0.4 is 5.32 Å². The first-order chi connectivity index (χ1) is 12.0. The number of aromatic hydroxyl groups is 1. The molecule has 1 atom stereocenters. The van der Waals surface area contributed by atoms with Gasteiger partial charge in [0.05, 0.1) is 4.92 Å². The van der Waals surface area contributed by atoms with Crippen molar-refractivity contribution in [3.05, 3.63) is 69.8 Å². The molecule has 0 aliphatic carbocycles. The lowest BCUT2D eigenvalue weighted by Crippen LogP contribution is -2.36. The molecular weight excluding hydrogens is 322 g/mol. The van der Waals surface area contributed by atoms with Crippen LogP contribution in [0.25, 0.3) is 0 Å². The van der Waals surface area contributed by atoms with Crippen LogP contribution in [0.5, 0.6) is 5.75 Å². The summed E-state index contributed by atoms with van der Waals surface area (Å²) in [5.74, 6) is -0.841. The van der Waals surface area contributed by atoms with Gasteiger partial charge in [0.15, 0.2) is 5.75 Å². The first-order valence-corrected chi connectivity index (χ1v) is 8.07. The van der Waals surface area contributed by atoms with Crippen molar-refractivity contribution in [1.29, 1.82) is 0 Å². The number of benzene rings is 2. The number of amides is 1. The first-order valence-electron chi connectivity index (χ1n) is 8.07. The summed E-state index contributed by atoms with van der Waals surface area (Å²) in [5.41, 5.74) is 1.03. The molecule has 1 heterocycles. The molecule has 1 aliphatic rings. The summed E-state index contributed by atoms with van der Waals surface area (Å²) >= 11 is 0. The molecule has 130 valence electrons. The highest BCUT2D eigenvalue weighted by Crippen LogP contribution is 2.26. The lowest BCUT2D eigenvalue weighted by atomic mass is 10.1.